The van der Waals surface area contributed by atoms with Crippen LogP contribution in [0, 0.1) is 13.8 Å². The zero-order valence-electron chi connectivity index (χ0n) is 17.6. The number of aliphatic hydroxyl groups excluding tert-OH is 1. The van der Waals surface area contributed by atoms with Crippen molar-refractivity contribution in [3.63, 3.8) is 0 Å². The van der Waals surface area contributed by atoms with Crippen LogP contribution in [0.4, 0.5) is 0 Å². The molecule has 1 atom stereocenters. The Morgan fingerprint density at radius 2 is 1.84 bits per heavy atom. The summed E-state index contributed by atoms with van der Waals surface area (Å²) in [6, 6.07) is 15.3. The number of aliphatic hydroxyl groups is 1. The van der Waals surface area contributed by atoms with E-state index in [2.05, 4.69) is 0 Å². The lowest BCUT2D eigenvalue weighted by Crippen LogP contribution is -2.29. The Labute approximate surface area is 180 Å². The normalized spacial score (nSPS) is 17.9. The van der Waals surface area contributed by atoms with Crippen molar-refractivity contribution >= 4 is 17.4 Å². The van der Waals surface area contributed by atoms with Gasteiger partial charge in [-0.1, -0.05) is 30.3 Å². The second kappa shape index (κ2) is 8.14. The molecule has 6 heteroatoms. The molecule has 1 aliphatic rings. The maximum atomic E-state index is 13.1. The number of aryl methyl sites for hydroxylation is 2. The first-order chi connectivity index (χ1) is 14.9. The van der Waals surface area contributed by atoms with Crippen LogP contribution < -0.4 is 4.74 Å². The number of ether oxygens (including phenoxy) is 1. The molecular weight excluding hydrogens is 394 g/mol. The number of nitrogens with zero attached hydrogens (tertiary/aromatic N) is 1. The Morgan fingerprint density at radius 3 is 2.52 bits per heavy atom. The molecule has 2 aromatic carbocycles. The molecule has 31 heavy (non-hydrogen) atoms. The number of amides is 1. The number of carbonyl (C=O) groups excluding carboxylic acids is 2. The number of Topliss-reactive ketones (excluding diaryl/α,β-unsaturated/α-hetero) is 1. The number of hydrogen-bond acceptors (Lipinski definition) is 5. The lowest BCUT2D eigenvalue weighted by Gasteiger charge is -2.24. The predicted molar refractivity (Wildman–Crippen MR) is 115 cm³/mol. The molecule has 1 amide bonds. The smallest absolute Gasteiger partial charge is 0.296 e. The van der Waals surface area contributed by atoms with Crippen LogP contribution in [0.2, 0.25) is 0 Å². The molecule has 1 fully saturated rings. The molecule has 2 heterocycles. The molecule has 0 saturated carbocycles. The number of methoxy groups -OCH3 is 1. The first kappa shape index (κ1) is 20.5. The highest BCUT2D eigenvalue weighted by molar-refractivity contribution is 6.46. The summed E-state index contributed by atoms with van der Waals surface area (Å²) in [5, 5.41) is 11.1. The lowest BCUT2D eigenvalue weighted by atomic mass is 9.97. The second-order valence-corrected chi connectivity index (χ2v) is 7.55. The van der Waals surface area contributed by atoms with Gasteiger partial charge in [-0.05, 0) is 49.2 Å². The van der Waals surface area contributed by atoms with Crippen molar-refractivity contribution < 1.29 is 23.8 Å². The number of para-hydroxylation sites is 1. The second-order valence-electron chi connectivity index (χ2n) is 7.55. The molecule has 1 saturated heterocycles. The summed E-state index contributed by atoms with van der Waals surface area (Å²) >= 11 is 0. The Balaban J connectivity index is 1.84. The third-order valence-electron chi connectivity index (χ3n) is 5.67. The number of likely N-dealkylation sites (tertiary alicyclic amines) is 1. The van der Waals surface area contributed by atoms with Crippen LogP contribution >= 0.6 is 0 Å². The molecule has 0 bridgehead atoms. The van der Waals surface area contributed by atoms with Gasteiger partial charge in [-0.15, -0.1) is 0 Å². The number of furan rings is 1. The standard InChI is InChI=1S/C25H23NO5/c1-15-10-11-17(13-16(15)2)23(27)21-22(20-9-6-12-31-20)26(25(29)24(21)28)14-18-7-4-5-8-19(18)30-3/h4-13,22,27H,14H2,1-3H3/b23-21-. The maximum absolute atomic E-state index is 13.1. The summed E-state index contributed by atoms with van der Waals surface area (Å²) in [6.45, 7) is 4.02. The summed E-state index contributed by atoms with van der Waals surface area (Å²) in [7, 11) is 1.55. The summed E-state index contributed by atoms with van der Waals surface area (Å²) < 4.78 is 11.0. The highest BCUT2D eigenvalue weighted by Crippen LogP contribution is 2.41. The van der Waals surface area contributed by atoms with Crippen LogP contribution in [-0.2, 0) is 16.1 Å². The van der Waals surface area contributed by atoms with E-state index in [1.165, 1.54) is 11.2 Å². The van der Waals surface area contributed by atoms with E-state index in [4.69, 9.17) is 9.15 Å². The highest BCUT2D eigenvalue weighted by Gasteiger charge is 2.47. The lowest BCUT2D eigenvalue weighted by molar-refractivity contribution is -0.140. The molecule has 0 spiro atoms. The van der Waals surface area contributed by atoms with Crippen molar-refractivity contribution in [3.05, 3.63) is 94.4 Å². The molecule has 6 nitrogen and oxygen atoms in total. The van der Waals surface area contributed by atoms with Crippen molar-refractivity contribution in [3.8, 4) is 5.75 Å². The van der Waals surface area contributed by atoms with Gasteiger partial charge >= 0.3 is 0 Å². The van der Waals surface area contributed by atoms with Crippen LogP contribution in [0.15, 0.2) is 70.9 Å². The van der Waals surface area contributed by atoms with E-state index in [9.17, 15) is 14.7 Å². The number of rotatable bonds is 5. The molecule has 1 N–H and O–H groups in total. The molecule has 4 rings (SSSR count). The molecule has 158 valence electrons. The van der Waals surface area contributed by atoms with Gasteiger partial charge in [0.2, 0.25) is 0 Å². The SMILES string of the molecule is COc1ccccc1CN1C(=O)C(=O)/C(=C(\O)c2ccc(C)c(C)c2)C1c1ccco1. The molecule has 1 aromatic heterocycles. The number of ketones is 1. The maximum Gasteiger partial charge on any atom is 0.296 e. The van der Waals surface area contributed by atoms with E-state index >= 15 is 0 Å². The predicted octanol–water partition coefficient (Wildman–Crippen LogP) is 4.53. The average Bonchev–Trinajstić information content (AvgIpc) is 3.38. The van der Waals surface area contributed by atoms with Crippen molar-refractivity contribution in [2.75, 3.05) is 7.11 Å². The van der Waals surface area contributed by atoms with Gasteiger partial charge in [0, 0.05) is 11.1 Å². The summed E-state index contributed by atoms with van der Waals surface area (Å²) in [6.07, 6.45) is 1.48. The largest absolute Gasteiger partial charge is 0.507 e. The monoisotopic (exact) mass is 417 g/mol. The quantitative estimate of drug-likeness (QED) is 0.375. The average molecular weight is 417 g/mol. The Morgan fingerprint density at radius 1 is 1.06 bits per heavy atom. The number of hydrogen-bond donors (Lipinski definition) is 1. The number of carbonyl (C=O) groups is 2. The molecule has 0 aliphatic carbocycles. The van der Waals surface area contributed by atoms with Crippen molar-refractivity contribution in [1.82, 2.24) is 4.90 Å². The molecular formula is C25H23NO5. The molecule has 3 aromatic rings. The van der Waals surface area contributed by atoms with Crippen LogP contribution in [0.1, 0.15) is 34.1 Å². The third-order valence-corrected chi connectivity index (χ3v) is 5.67. The van der Waals surface area contributed by atoms with Gasteiger partial charge in [0.25, 0.3) is 11.7 Å². The van der Waals surface area contributed by atoms with Gasteiger partial charge in [0.05, 0.1) is 25.5 Å². The van der Waals surface area contributed by atoms with Gasteiger partial charge < -0.3 is 19.2 Å². The first-order valence-corrected chi connectivity index (χ1v) is 9.93. The van der Waals surface area contributed by atoms with Crippen LogP contribution in [-0.4, -0.2) is 28.8 Å². The molecule has 1 unspecified atom stereocenters. The van der Waals surface area contributed by atoms with Gasteiger partial charge in [-0.25, -0.2) is 0 Å². The van der Waals surface area contributed by atoms with E-state index in [1.807, 2.05) is 38.1 Å². The van der Waals surface area contributed by atoms with Crippen molar-refractivity contribution in [2.45, 2.75) is 26.4 Å². The topological polar surface area (TPSA) is 80.0 Å². The van der Waals surface area contributed by atoms with Crippen LogP contribution in [0.5, 0.6) is 5.75 Å². The van der Waals surface area contributed by atoms with Gasteiger partial charge in [0.1, 0.15) is 23.3 Å². The minimum atomic E-state index is -0.846. The fraction of sp³-hybridized carbons (Fsp3) is 0.200. The van der Waals surface area contributed by atoms with Crippen LogP contribution in [0.25, 0.3) is 5.76 Å². The van der Waals surface area contributed by atoms with Crippen molar-refractivity contribution in [1.29, 1.82) is 0 Å². The Hall–Kier alpha value is -3.80. The molecule has 0 radical (unpaired) electrons. The van der Waals surface area contributed by atoms with E-state index in [0.717, 1.165) is 16.7 Å². The zero-order chi connectivity index (χ0) is 22.1. The summed E-state index contributed by atoms with van der Waals surface area (Å²) in [5.41, 5.74) is 3.28. The van der Waals surface area contributed by atoms with Gasteiger partial charge in [-0.3, -0.25) is 9.59 Å². The fourth-order valence-electron chi connectivity index (χ4n) is 3.85. The summed E-state index contributed by atoms with van der Waals surface area (Å²) in [4.78, 5) is 27.5. The molecule has 1 aliphatic heterocycles. The summed E-state index contributed by atoms with van der Waals surface area (Å²) in [5.74, 6) is -0.647. The van der Waals surface area contributed by atoms with Crippen LogP contribution in [0.3, 0.4) is 0 Å². The minimum Gasteiger partial charge on any atom is -0.507 e. The Bertz CT molecular complexity index is 1180. The van der Waals surface area contributed by atoms with E-state index < -0.39 is 17.7 Å². The van der Waals surface area contributed by atoms with Crippen molar-refractivity contribution in [2.24, 2.45) is 0 Å². The van der Waals surface area contributed by atoms with E-state index in [-0.39, 0.29) is 17.9 Å². The minimum absolute atomic E-state index is 0.0121. The van der Waals surface area contributed by atoms with Gasteiger partial charge in [0.15, 0.2) is 0 Å². The van der Waals surface area contributed by atoms with E-state index in [1.54, 1.807) is 37.4 Å². The number of benzene rings is 2. The Kier molecular flexibility index (Phi) is 5.38. The first-order valence-electron chi connectivity index (χ1n) is 9.93. The zero-order valence-corrected chi connectivity index (χ0v) is 17.6. The fourth-order valence-corrected chi connectivity index (χ4v) is 3.85. The third kappa shape index (κ3) is 3.61. The highest BCUT2D eigenvalue weighted by atomic mass is 16.5. The van der Waals surface area contributed by atoms with E-state index in [0.29, 0.717) is 17.1 Å². The van der Waals surface area contributed by atoms with Gasteiger partial charge in [-0.2, -0.15) is 0 Å².